The molecular weight excluding hydrogens is 489 g/mol. The van der Waals surface area contributed by atoms with Gasteiger partial charge in [0.2, 0.25) is 5.88 Å². The molecule has 0 fully saturated rings. The highest BCUT2D eigenvalue weighted by molar-refractivity contribution is 6.31. The molecule has 3 aromatic carbocycles. The van der Waals surface area contributed by atoms with E-state index in [-0.39, 0.29) is 18.1 Å². The van der Waals surface area contributed by atoms with Crippen LogP contribution < -0.4 is 10.4 Å². The van der Waals surface area contributed by atoms with Gasteiger partial charge in [0.25, 0.3) is 0 Å². The van der Waals surface area contributed by atoms with Gasteiger partial charge in [0.15, 0.2) is 12.3 Å². The summed E-state index contributed by atoms with van der Waals surface area (Å²) in [5.74, 6) is -1.13. The molecule has 8 nitrogen and oxygen atoms in total. The first-order valence-electron chi connectivity index (χ1n) is 10.7. The maximum atomic E-state index is 14.2. The predicted octanol–water partition coefficient (Wildman–Crippen LogP) is 5.98. The summed E-state index contributed by atoms with van der Waals surface area (Å²) in [7, 11) is 0. The van der Waals surface area contributed by atoms with Crippen molar-refractivity contribution in [1.29, 1.82) is 0 Å². The highest BCUT2D eigenvalue weighted by Crippen LogP contribution is 2.40. The predicted molar refractivity (Wildman–Crippen MR) is 132 cm³/mol. The van der Waals surface area contributed by atoms with Crippen LogP contribution in [0.4, 0.5) is 10.1 Å². The minimum absolute atomic E-state index is 0.0182. The van der Waals surface area contributed by atoms with Gasteiger partial charge in [0.05, 0.1) is 12.1 Å². The number of fused-ring (bicyclic) bond motifs is 2. The van der Waals surface area contributed by atoms with Crippen LogP contribution in [0.5, 0.6) is 11.6 Å². The minimum atomic E-state index is -0.721. The average Bonchev–Trinajstić information content (AvgIpc) is 3.12. The Hall–Kier alpha value is -4.50. The summed E-state index contributed by atoms with van der Waals surface area (Å²) in [5.41, 5.74) is 0.733. The Morgan fingerprint density at radius 2 is 1.89 bits per heavy atom. The second-order valence-corrected chi connectivity index (χ2v) is 8.28. The topological polar surface area (TPSA) is 106 Å². The summed E-state index contributed by atoms with van der Waals surface area (Å²) in [6.45, 7) is -0.414. The summed E-state index contributed by atoms with van der Waals surface area (Å²) in [5, 5.41) is 20.0. The third-order valence-corrected chi connectivity index (χ3v) is 5.71. The van der Waals surface area contributed by atoms with Gasteiger partial charge in [0, 0.05) is 33.5 Å². The van der Waals surface area contributed by atoms with Gasteiger partial charge in [-0.25, -0.2) is 9.18 Å². The molecule has 180 valence electrons. The van der Waals surface area contributed by atoms with E-state index in [1.54, 1.807) is 54.6 Å². The molecule has 5 rings (SSSR count). The summed E-state index contributed by atoms with van der Waals surface area (Å²) >= 11 is 6.13. The number of carbonyl (C=O) groups is 1. The Balaban J connectivity index is 1.39. The summed E-state index contributed by atoms with van der Waals surface area (Å²) in [6.07, 6.45) is 0. The molecule has 2 heterocycles. The highest BCUT2D eigenvalue weighted by Gasteiger charge is 2.19. The van der Waals surface area contributed by atoms with Crippen LogP contribution in [0.15, 0.2) is 92.2 Å². The highest BCUT2D eigenvalue weighted by atomic mass is 35.5. The minimum Gasteiger partial charge on any atom is -0.493 e. The number of nitrogens with zero attached hydrogens (tertiary/aromatic N) is 3. The molecule has 0 atom stereocenters. The maximum absolute atomic E-state index is 14.2. The molecule has 0 aliphatic heterocycles. The molecule has 0 saturated carbocycles. The summed E-state index contributed by atoms with van der Waals surface area (Å²) < 4.78 is 26.2. The molecule has 1 amide bonds. The summed E-state index contributed by atoms with van der Waals surface area (Å²) in [4.78, 5) is 23.7. The lowest BCUT2D eigenvalue weighted by atomic mass is 10.2. The van der Waals surface area contributed by atoms with Crippen molar-refractivity contribution < 1.29 is 23.4 Å². The SMILES string of the molecule is O=C(COc1ccc2ccc(=O)oc2c1)N=Nc1c(O)n(Cc2ccccc2F)c2ccc(Cl)cc12. The van der Waals surface area contributed by atoms with E-state index in [1.807, 2.05) is 0 Å². The number of hydrogen-bond acceptors (Lipinski definition) is 6. The normalized spacial score (nSPS) is 11.5. The lowest BCUT2D eigenvalue weighted by Crippen LogP contribution is -2.07. The van der Waals surface area contributed by atoms with Gasteiger partial charge in [-0.2, -0.15) is 0 Å². The van der Waals surface area contributed by atoms with Gasteiger partial charge in [-0.3, -0.25) is 4.79 Å². The molecule has 36 heavy (non-hydrogen) atoms. The van der Waals surface area contributed by atoms with E-state index in [0.29, 0.717) is 38.2 Å². The third-order valence-electron chi connectivity index (χ3n) is 5.48. The van der Waals surface area contributed by atoms with E-state index < -0.39 is 24.0 Å². The number of ether oxygens (including phenoxy) is 1. The number of hydrogen-bond donors (Lipinski definition) is 1. The standard InChI is InChI=1S/C26H17ClFN3O5/c27-17-7-9-21-19(11-17)25(26(34)31(21)13-16-3-1-2-4-20(16)28)30-29-23(32)14-35-18-8-5-15-6-10-24(33)36-22(15)12-18/h1-12,34H,13-14H2. The van der Waals surface area contributed by atoms with Crippen LogP contribution in [0, 0.1) is 5.82 Å². The number of benzene rings is 3. The Kier molecular flexibility index (Phi) is 6.22. The first kappa shape index (κ1) is 23.3. The number of rotatable bonds is 6. The van der Waals surface area contributed by atoms with Crippen LogP contribution in [-0.4, -0.2) is 22.2 Å². The number of aromatic nitrogens is 1. The van der Waals surface area contributed by atoms with E-state index in [4.69, 9.17) is 20.8 Å². The molecule has 10 heteroatoms. The van der Waals surface area contributed by atoms with Crippen molar-refractivity contribution in [3.63, 3.8) is 0 Å². The maximum Gasteiger partial charge on any atom is 0.336 e. The van der Waals surface area contributed by atoms with E-state index >= 15 is 0 Å². The van der Waals surface area contributed by atoms with Crippen molar-refractivity contribution in [2.45, 2.75) is 6.54 Å². The fraction of sp³-hybridized carbons (Fsp3) is 0.0769. The van der Waals surface area contributed by atoms with Crippen molar-refractivity contribution >= 4 is 45.1 Å². The molecule has 0 saturated heterocycles. The molecule has 0 radical (unpaired) electrons. The van der Waals surface area contributed by atoms with Gasteiger partial charge >= 0.3 is 11.5 Å². The molecule has 1 N–H and O–H groups in total. The van der Waals surface area contributed by atoms with Crippen molar-refractivity contribution in [2.24, 2.45) is 10.2 Å². The second kappa shape index (κ2) is 9.63. The van der Waals surface area contributed by atoms with Crippen LogP contribution in [0.1, 0.15) is 5.56 Å². The average molecular weight is 506 g/mol. The molecule has 0 spiro atoms. The molecule has 0 aliphatic rings. The molecule has 5 aromatic rings. The van der Waals surface area contributed by atoms with Crippen molar-refractivity contribution in [3.05, 3.63) is 99.6 Å². The molecular formula is C26H17ClFN3O5. The van der Waals surface area contributed by atoms with Crippen LogP contribution in [0.3, 0.4) is 0 Å². The fourth-order valence-electron chi connectivity index (χ4n) is 3.76. The Bertz CT molecular complexity index is 1710. The molecule has 0 bridgehead atoms. The number of carbonyl (C=O) groups excluding carboxylic acids is 1. The van der Waals surface area contributed by atoms with Crippen molar-refractivity contribution in [1.82, 2.24) is 4.57 Å². The second-order valence-electron chi connectivity index (χ2n) is 7.85. The first-order valence-corrected chi connectivity index (χ1v) is 11.1. The monoisotopic (exact) mass is 505 g/mol. The van der Waals surface area contributed by atoms with Crippen LogP contribution >= 0.6 is 11.6 Å². The van der Waals surface area contributed by atoms with Gasteiger partial charge in [-0.15, -0.1) is 10.2 Å². The van der Waals surface area contributed by atoms with Crippen LogP contribution in [-0.2, 0) is 11.3 Å². The quantitative estimate of drug-likeness (QED) is 0.225. The van der Waals surface area contributed by atoms with Gasteiger partial charge in [-0.05, 0) is 42.5 Å². The molecule has 0 aliphatic carbocycles. The Morgan fingerprint density at radius 1 is 1.08 bits per heavy atom. The molecule has 2 aromatic heterocycles. The van der Waals surface area contributed by atoms with Crippen molar-refractivity contribution in [3.8, 4) is 11.6 Å². The van der Waals surface area contributed by atoms with Gasteiger partial charge in [-0.1, -0.05) is 29.8 Å². The third kappa shape index (κ3) is 4.69. The summed E-state index contributed by atoms with van der Waals surface area (Å²) in [6, 6.07) is 18.8. The number of azo groups is 1. The largest absolute Gasteiger partial charge is 0.493 e. The smallest absolute Gasteiger partial charge is 0.336 e. The lowest BCUT2D eigenvalue weighted by Gasteiger charge is -2.08. The Labute approximate surface area is 207 Å². The number of amides is 1. The van der Waals surface area contributed by atoms with Crippen LogP contribution in [0.2, 0.25) is 5.02 Å². The zero-order chi connectivity index (χ0) is 25.2. The van der Waals surface area contributed by atoms with E-state index in [2.05, 4.69) is 10.2 Å². The zero-order valence-electron chi connectivity index (χ0n) is 18.5. The number of halogens is 2. The zero-order valence-corrected chi connectivity index (χ0v) is 19.3. The first-order chi connectivity index (χ1) is 17.4. The van der Waals surface area contributed by atoms with Crippen molar-refractivity contribution in [2.75, 3.05) is 6.61 Å². The molecule has 0 unspecified atom stereocenters. The lowest BCUT2D eigenvalue weighted by molar-refractivity contribution is -0.120. The van der Waals surface area contributed by atoms with E-state index in [1.165, 1.54) is 22.8 Å². The van der Waals surface area contributed by atoms with Crippen LogP contribution in [0.25, 0.3) is 21.9 Å². The van der Waals surface area contributed by atoms with Gasteiger partial charge < -0.3 is 18.8 Å². The number of aromatic hydroxyl groups is 1. The fourth-order valence-corrected chi connectivity index (χ4v) is 3.93. The van der Waals surface area contributed by atoms with Gasteiger partial charge in [0.1, 0.15) is 17.1 Å². The Morgan fingerprint density at radius 3 is 2.72 bits per heavy atom. The van der Waals surface area contributed by atoms with E-state index in [9.17, 15) is 19.1 Å². The van der Waals surface area contributed by atoms with E-state index in [0.717, 1.165) is 0 Å².